The Balaban J connectivity index is 2.72. The molecule has 0 saturated carbocycles. The summed E-state index contributed by atoms with van der Waals surface area (Å²) in [5, 5.41) is 20.4. The van der Waals surface area contributed by atoms with Gasteiger partial charge in [0, 0.05) is 11.6 Å². The lowest BCUT2D eigenvalue weighted by Gasteiger charge is -2.09. The maximum Gasteiger partial charge on any atom is 0.387 e. The van der Waals surface area contributed by atoms with Crippen LogP contribution >= 0.6 is 0 Å². The fourth-order valence-electron chi connectivity index (χ4n) is 1.90. The van der Waals surface area contributed by atoms with Crippen molar-refractivity contribution in [3.63, 3.8) is 0 Å². The molecule has 2 heterocycles. The van der Waals surface area contributed by atoms with Crippen LogP contribution in [0, 0.1) is 13.8 Å². The number of hydrogen-bond donors (Lipinski definition) is 0. The lowest BCUT2D eigenvalue weighted by molar-refractivity contribution is -0.680. The number of ether oxygens (including phenoxy) is 2. The van der Waals surface area contributed by atoms with E-state index >= 15 is 0 Å². The van der Waals surface area contributed by atoms with Crippen LogP contribution in [-0.2, 0) is 9.47 Å². The predicted molar refractivity (Wildman–Crippen MR) is 64.3 cm³/mol. The molecule has 0 aliphatic heterocycles. The average molecular weight is 280 g/mol. The third-order valence-corrected chi connectivity index (χ3v) is 2.69. The normalized spacial score (nSPS) is 12.6. The van der Waals surface area contributed by atoms with E-state index in [-0.39, 0.29) is 24.3 Å². The van der Waals surface area contributed by atoms with E-state index in [4.69, 9.17) is 9.47 Å². The summed E-state index contributed by atoms with van der Waals surface area (Å²) in [6.45, 7) is 7.23. The van der Waals surface area contributed by atoms with Gasteiger partial charge in [-0.05, 0) is 25.1 Å². The summed E-state index contributed by atoms with van der Waals surface area (Å²) in [5.41, 5.74) is 1.06. The third-order valence-electron chi connectivity index (χ3n) is 2.69. The van der Waals surface area contributed by atoms with E-state index in [0.717, 1.165) is 0 Å². The Morgan fingerprint density at radius 2 is 1.90 bits per heavy atom. The Bertz CT molecular complexity index is 707. The molecule has 0 fully saturated rings. The number of rotatable bonds is 4. The van der Waals surface area contributed by atoms with Gasteiger partial charge in [0.15, 0.2) is 5.35 Å². The molecule has 108 valence electrons. The molecule has 0 aliphatic carbocycles. The Morgan fingerprint density at radius 1 is 1.25 bits per heavy atom. The summed E-state index contributed by atoms with van der Waals surface area (Å²) < 4.78 is 12.4. The lowest BCUT2D eigenvalue weighted by Crippen LogP contribution is -2.39. The first-order chi connectivity index (χ1) is 9.51. The van der Waals surface area contributed by atoms with Crippen molar-refractivity contribution in [2.45, 2.75) is 27.7 Å². The Hall–Kier alpha value is -2.38. The number of carbonyl (C=O) groups is 1. The minimum atomic E-state index is -0.530. The minimum Gasteiger partial charge on any atom is -0.612 e. The summed E-state index contributed by atoms with van der Waals surface area (Å²) in [6.07, 6.45) is 0. The summed E-state index contributed by atoms with van der Waals surface area (Å²) in [6, 6.07) is 0. The third kappa shape index (κ3) is 2.13. The summed E-state index contributed by atoms with van der Waals surface area (Å²) in [4.78, 5) is 11.9. The maximum atomic E-state index is 11.9. The van der Waals surface area contributed by atoms with Crippen LogP contribution in [0.15, 0.2) is 0 Å². The van der Waals surface area contributed by atoms with Gasteiger partial charge >= 0.3 is 11.7 Å². The molecule has 0 aromatic carbocycles. The number of hydrogen-bond acceptors (Lipinski definition) is 6. The van der Waals surface area contributed by atoms with Crippen LogP contribution in [-0.4, -0.2) is 34.0 Å². The van der Waals surface area contributed by atoms with Gasteiger partial charge in [-0.25, -0.2) is 4.79 Å². The first-order valence-electron chi connectivity index (χ1n) is 6.30. The van der Waals surface area contributed by atoms with Gasteiger partial charge in [0.05, 0.1) is 17.7 Å². The molecule has 0 spiro atoms. The van der Waals surface area contributed by atoms with E-state index in [1.807, 2.05) is 0 Å². The second-order valence-electron chi connectivity index (χ2n) is 4.09. The topological polar surface area (TPSA) is 92.9 Å². The molecule has 0 unspecified atom stereocenters. The molecule has 2 rings (SSSR count). The fraction of sp³-hybridized carbons (Fsp3) is 0.500. The molecule has 2 aromatic heterocycles. The molecule has 8 nitrogen and oxygen atoms in total. The monoisotopic (exact) mass is 280 g/mol. The summed E-state index contributed by atoms with van der Waals surface area (Å²) >= 11 is 0. The Morgan fingerprint density at radius 3 is 2.50 bits per heavy atom. The molecule has 0 aliphatic rings. The van der Waals surface area contributed by atoms with Crippen molar-refractivity contribution >= 4 is 11.9 Å². The average Bonchev–Trinajstić information content (AvgIpc) is 2.82. The van der Waals surface area contributed by atoms with E-state index in [0.29, 0.717) is 11.4 Å². The van der Waals surface area contributed by atoms with Crippen molar-refractivity contribution < 1.29 is 24.0 Å². The molecule has 0 N–H and O–H groups in total. The molecular formula is C12H16N4O4. The molecule has 0 atom stereocenters. The van der Waals surface area contributed by atoms with Crippen molar-refractivity contribution in [1.82, 2.24) is 14.8 Å². The Kier molecular flexibility index (Phi) is 3.73. The number of aromatic nitrogens is 4. The second kappa shape index (κ2) is 5.32. The van der Waals surface area contributed by atoms with Crippen LogP contribution < -0.4 is 15.1 Å². The zero-order valence-electron chi connectivity index (χ0n) is 11.8. The number of nitrogens with zero attached hydrogens (tertiary/aromatic N) is 4. The van der Waals surface area contributed by atoms with E-state index < -0.39 is 11.9 Å². The van der Waals surface area contributed by atoms with E-state index in [9.17, 15) is 9.90 Å². The van der Waals surface area contributed by atoms with Crippen LogP contribution in [0.5, 0.6) is 0 Å². The lowest BCUT2D eigenvalue weighted by atomic mass is 10.3. The first-order valence-corrected chi connectivity index (χ1v) is 6.30. The quantitative estimate of drug-likeness (QED) is 0.489. The van der Waals surface area contributed by atoms with Crippen molar-refractivity contribution in [3.8, 4) is 0 Å². The van der Waals surface area contributed by atoms with Crippen molar-refractivity contribution in [2.24, 2.45) is 0 Å². The highest BCUT2D eigenvalue weighted by atomic mass is 16.6. The van der Waals surface area contributed by atoms with Gasteiger partial charge in [-0.1, -0.05) is 12.0 Å². The number of esters is 1. The van der Waals surface area contributed by atoms with Gasteiger partial charge in [0.25, 0.3) is 0 Å². The molecule has 2 aromatic rings. The summed E-state index contributed by atoms with van der Waals surface area (Å²) in [7, 11) is 0. The van der Waals surface area contributed by atoms with Gasteiger partial charge in [0.1, 0.15) is 5.69 Å². The smallest absolute Gasteiger partial charge is 0.387 e. The van der Waals surface area contributed by atoms with Gasteiger partial charge in [-0.2, -0.15) is 0 Å². The standard InChI is InChI=1S/C12H16N4O4/c1-5-19-11(17)9-7(3)13-16-10(12(18)20-6-2)8(4)14-15(9)16/h5-6H2,1-4H3. The van der Waals surface area contributed by atoms with Crippen molar-refractivity contribution in [3.05, 3.63) is 22.4 Å². The number of carbonyl (C=O) groups excluding carboxylic acids is 1. The van der Waals surface area contributed by atoms with Gasteiger partial charge in [0.2, 0.25) is 5.69 Å². The highest BCUT2D eigenvalue weighted by Crippen LogP contribution is 2.00. The van der Waals surface area contributed by atoms with E-state index in [1.54, 1.807) is 27.7 Å². The van der Waals surface area contributed by atoms with Crippen molar-refractivity contribution in [1.29, 1.82) is 0 Å². The van der Waals surface area contributed by atoms with Crippen LogP contribution in [0.4, 0.5) is 0 Å². The molecule has 0 bridgehead atoms. The zero-order chi connectivity index (χ0) is 14.9. The second-order valence-corrected chi connectivity index (χ2v) is 4.09. The van der Waals surface area contributed by atoms with Crippen LogP contribution in [0.2, 0.25) is 0 Å². The van der Waals surface area contributed by atoms with Crippen LogP contribution in [0.1, 0.15) is 35.7 Å². The maximum absolute atomic E-state index is 11.9. The highest BCUT2D eigenvalue weighted by molar-refractivity contribution is 5.86. The number of aryl methyl sites for hydroxylation is 2. The number of fused-ring (bicyclic) bond motifs is 1. The molecule has 0 saturated heterocycles. The van der Waals surface area contributed by atoms with Crippen molar-refractivity contribution in [2.75, 3.05) is 13.2 Å². The molecule has 20 heavy (non-hydrogen) atoms. The summed E-state index contributed by atoms with van der Waals surface area (Å²) in [5.74, 6) is -1.06. The largest absolute Gasteiger partial charge is 0.612 e. The zero-order valence-corrected chi connectivity index (χ0v) is 11.8. The predicted octanol–water partition coefficient (Wildman–Crippen LogP) is -1.71. The Labute approximate surface area is 115 Å². The molecule has 8 heteroatoms. The van der Waals surface area contributed by atoms with Gasteiger partial charge < -0.3 is 14.6 Å². The molecule has 0 radical (unpaired) electrons. The van der Waals surface area contributed by atoms with Gasteiger partial charge in [-0.15, -0.1) is 0 Å². The molecule has 0 amide bonds. The first kappa shape index (κ1) is 14.0. The highest BCUT2D eigenvalue weighted by Gasteiger charge is 2.30. The molecular weight excluding hydrogens is 264 g/mol. The minimum absolute atomic E-state index is 0.200. The van der Waals surface area contributed by atoms with Gasteiger partial charge in [-0.3, -0.25) is 0 Å². The van der Waals surface area contributed by atoms with Crippen LogP contribution in [0.25, 0.3) is 5.95 Å². The van der Waals surface area contributed by atoms with E-state index in [1.165, 1.54) is 9.26 Å². The van der Waals surface area contributed by atoms with E-state index in [2.05, 4.69) is 10.2 Å². The SMILES string of the molecule is CCOC(=O)c1c(C)nn2/c(=C(\[O-])OCC)c(C)n[n+]12. The van der Waals surface area contributed by atoms with Crippen LogP contribution in [0.3, 0.4) is 0 Å². The fourth-order valence-corrected chi connectivity index (χ4v) is 1.90.